The summed E-state index contributed by atoms with van der Waals surface area (Å²) in [4.78, 5) is 12.1. The third-order valence-electron chi connectivity index (χ3n) is 4.34. The van der Waals surface area contributed by atoms with Gasteiger partial charge in [-0.25, -0.2) is 0 Å². The molecule has 0 aromatic heterocycles. The largest absolute Gasteiger partial charge is 0.486 e. The predicted octanol–water partition coefficient (Wildman–Crippen LogP) is 2.35. The quantitative estimate of drug-likeness (QED) is 0.892. The SMILES string of the molecule is O=C(CCc1ccc2c(c1)OCCO2)NC[C@H]1COc2ccccc2O1. The number of rotatable bonds is 5. The smallest absolute Gasteiger partial charge is 0.220 e. The molecule has 4 rings (SSSR count). The van der Waals surface area contributed by atoms with Crippen LogP contribution in [0.4, 0.5) is 0 Å². The summed E-state index contributed by atoms with van der Waals surface area (Å²) >= 11 is 0. The van der Waals surface area contributed by atoms with Crippen molar-refractivity contribution in [3.8, 4) is 23.0 Å². The molecule has 26 heavy (non-hydrogen) atoms. The number of carbonyl (C=O) groups is 1. The summed E-state index contributed by atoms with van der Waals surface area (Å²) in [5, 5.41) is 2.92. The number of amides is 1. The molecule has 0 radical (unpaired) electrons. The Morgan fingerprint density at radius 2 is 1.73 bits per heavy atom. The Hall–Kier alpha value is -2.89. The molecule has 0 bridgehead atoms. The zero-order valence-electron chi connectivity index (χ0n) is 14.4. The van der Waals surface area contributed by atoms with Crippen molar-refractivity contribution in [1.82, 2.24) is 5.32 Å². The molecule has 1 amide bonds. The highest BCUT2D eigenvalue weighted by Crippen LogP contribution is 2.31. The highest BCUT2D eigenvalue weighted by Gasteiger charge is 2.21. The molecule has 2 heterocycles. The molecule has 6 nitrogen and oxygen atoms in total. The van der Waals surface area contributed by atoms with E-state index in [1.165, 1.54) is 0 Å². The van der Waals surface area contributed by atoms with E-state index in [0.717, 1.165) is 22.8 Å². The second kappa shape index (κ2) is 7.56. The maximum atomic E-state index is 12.1. The zero-order chi connectivity index (χ0) is 17.8. The number of carbonyl (C=O) groups excluding carboxylic acids is 1. The number of fused-ring (bicyclic) bond motifs is 2. The number of ether oxygens (including phenoxy) is 4. The van der Waals surface area contributed by atoms with Crippen LogP contribution >= 0.6 is 0 Å². The topological polar surface area (TPSA) is 66.0 Å². The zero-order valence-corrected chi connectivity index (χ0v) is 14.4. The summed E-state index contributed by atoms with van der Waals surface area (Å²) in [7, 11) is 0. The highest BCUT2D eigenvalue weighted by atomic mass is 16.6. The van der Waals surface area contributed by atoms with Crippen LogP contribution in [0.3, 0.4) is 0 Å². The Kier molecular flexibility index (Phi) is 4.82. The first-order valence-electron chi connectivity index (χ1n) is 8.81. The van der Waals surface area contributed by atoms with Crippen molar-refractivity contribution in [2.45, 2.75) is 18.9 Å². The molecule has 6 heteroatoms. The van der Waals surface area contributed by atoms with Crippen molar-refractivity contribution in [3.05, 3.63) is 48.0 Å². The normalized spacial score (nSPS) is 17.5. The van der Waals surface area contributed by atoms with E-state index in [2.05, 4.69) is 5.32 Å². The third-order valence-corrected chi connectivity index (χ3v) is 4.34. The Balaban J connectivity index is 1.24. The van der Waals surface area contributed by atoms with E-state index < -0.39 is 0 Å². The minimum Gasteiger partial charge on any atom is -0.486 e. The summed E-state index contributed by atoms with van der Waals surface area (Å²) in [5.74, 6) is 2.96. The summed E-state index contributed by atoms with van der Waals surface area (Å²) in [5.41, 5.74) is 1.05. The van der Waals surface area contributed by atoms with E-state index in [4.69, 9.17) is 18.9 Å². The van der Waals surface area contributed by atoms with Gasteiger partial charge in [-0.15, -0.1) is 0 Å². The average Bonchev–Trinajstić information content (AvgIpc) is 2.70. The number of para-hydroxylation sites is 2. The van der Waals surface area contributed by atoms with Gasteiger partial charge >= 0.3 is 0 Å². The molecular weight excluding hydrogens is 334 g/mol. The summed E-state index contributed by atoms with van der Waals surface area (Å²) in [6.07, 6.45) is 0.875. The lowest BCUT2D eigenvalue weighted by atomic mass is 10.1. The molecule has 0 spiro atoms. The van der Waals surface area contributed by atoms with Crippen molar-refractivity contribution in [2.75, 3.05) is 26.4 Å². The van der Waals surface area contributed by atoms with E-state index in [9.17, 15) is 4.79 Å². The van der Waals surface area contributed by atoms with Crippen LogP contribution in [0.15, 0.2) is 42.5 Å². The van der Waals surface area contributed by atoms with Gasteiger partial charge in [-0.2, -0.15) is 0 Å². The standard InChI is InChI=1S/C20H21NO5/c22-20(8-6-14-5-7-17-19(11-14)24-10-9-23-17)21-12-15-13-25-16-3-1-2-4-18(16)26-15/h1-5,7,11,15H,6,8-10,12-13H2,(H,21,22)/t15-/m0/s1. The molecule has 2 aliphatic rings. The minimum atomic E-state index is -0.178. The number of hydrogen-bond acceptors (Lipinski definition) is 5. The van der Waals surface area contributed by atoms with Crippen LogP contribution in [0.25, 0.3) is 0 Å². The fourth-order valence-corrected chi connectivity index (χ4v) is 2.98. The molecule has 136 valence electrons. The van der Waals surface area contributed by atoms with Gasteiger partial charge in [-0.3, -0.25) is 4.79 Å². The molecule has 1 atom stereocenters. The van der Waals surface area contributed by atoms with Gasteiger partial charge in [0, 0.05) is 6.42 Å². The number of nitrogens with one attached hydrogen (secondary N) is 1. The van der Waals surface area contributed by atoms with Crippen LogP contribution in [-0.2, 0) is 11.2 Å². The number of benzene rings is 2. The molecule has 0 unspecified atom stereocenters. The maximum Gasteiger partial charge on any atom is 0.220 e. The Bertz CT molecular complexity index is 792. The second-order valence-corrected chi connectivity index (χ2v) is 6.28. The van der Waals surface area contributed by atoms with Crippen molar-refractivity contribution in [1.29, 1.82) is 0 Å². The molecule has 1 N–H and O–H groups in total. The monoisotopic (exact) mass is 355 g/mol. The van der Waals surface area contributed by atoms with Crippen molar-refractivity contribution in [3.63, 3.8) is 0 Å². The van der Waals surface area contributed by atoms with Crippen molar-refractivity contribution < 1.29 is 23.7 Å². The number of aryl methyl sites for hydroxylation is 1. The predicted molar refractivity (Wildman–Crippen MR) is 95.1 cm³/mol. The van der Waals surface area contributed by atoms with E-state index in [1.54, 1.807) is 0 Å². The Labute approximate surface area is 152 Å². The van der Waals surface area contributed by atoms with Gasteiger partial charge in [-0.05, 0) is 36.2 Å². The van der Waals surface area contributed by atoms with Crippen LogP contribution in [0, 0.1) is 0 Å². The first-order valence-corrected chi connectivity index (χ1v) is 8.81. The summed E-state index contributed by atoms with van der Waals surface area (Å²) in [6, 6.07) is 13.3. The molecule has 0 saturated carbocycles. The lowest BCUT2D eigenvalue weighted by Gasteiger charge is -2.26. The molecule has 2 aromatic rings. The lowest BCUT2D eigenvalue weighted by molar-refractivity contribution is -0.121. The highest BCUT2D eigenvalue weighted by molar-refractivity contribution is 5.76. The van der Waals surface area contributed by atoms with Crippen LogP contribution in [0.5, 0.6) is 23.0 Å². The first kappa shape index (κ1) is 16.6. The molecule has 0 fully saturated rings. The van der Waals surface area contributed by atoms with Crippen LogP contribution < -0.4 is 24.3 Å². The molecule has 2 aromatic carbocycles. The molecular formula is C20H21NO5. The average molecular weight is 355 g/mol. The van der Waals surface area contributed by atoms with Gasteiger partial charge in [0.15, 0.2) is 23.0 Å². The number of hydrogen-bond donors (Lipinski definition) is 1. The minimum absolute atomic E-state index is 0.0117. The van der Waals surface area contributed by atoms with Crippen LogP contribution in [0.2, 0.25) is 0 Å². The Morgan fingerprint density at radius 3 is 2.62 bits per heavy atom. The van der Waals surface area contributed by atoms with E-state index in [0.29, 0.717) is 45.0 Å². The van der Waals surface area contributed by atoms with Crippen LogP contribution in [-0.4, -0.2) is 38.4 Å². The van der Waals surface area contributed by atoms with Crippen molar-refractivity contribution in [2.24, 2.45) is 0 Å². The van der Waals surface area contributed by atoms with Gasteiger partial charge in [-0.1, -0.05) is 18.2 Å². The van der Waals surface area contributed by atoms with E-state index in [-0.39, 0.29) is 12.0 Å². The first-order chi connectivity index (χ1) is 12.8. The van der Waals surface area contributed by atoms with Gasteiger partial charge in [0.2, 0.25) is 5.91 Å². The van der Waals surface area contributed by atoms with Gasteiger partial charge in [0.1, 0.15) is 25.9 Å². The Morgan fingerprint density at radius 1 is 0.962 bits per heavy atom. The van der Waals surface area contributed by atoms with Gasteiger partial charge in [0.05, 0.1) is 6.54 Å². The fraction of sp³-hybridized carbons (Fsp3) is 0.350. The third kappa shape index (κ3) is 3.85. The fourth-order valence-electron chi connectivity index (χ4n) is 2.98. The van der Waals surface area contributed by atoms with Gasteiger partial charge < -0.3 is 24.3 Å². The molecule has 0 saturated heterocycles. The lowest BCUT2D eigenvalue weighted by Crippen LogP contribution is -2.40. The maximum absolute atomic E-state index is 12.1. The summed E-state index contributed by atoms with van der Waals surface area (Å²) < 4.78 is 22.6. The van der Waals surface area contributed by atoms with E-state index in [1.807, 2.05) is 42.5 Å². The van der Waals surface area contributed by atoms with Gasteiger partial charge in [0.25, 0.3) is 0 Å². The second-order valence-electron chi connectivity index (χ2n) is 6.28. The molecule has 0 aliphatic carbocycles. The van der Waals surface area contributed by atoms with Crippen LogP contribution in [0.1, 0.15) is 12.0 Å². The molecule has 2 aliphatic heterocycles. The van der Waals surface area contributed by atoms with Crippen molar-refractivity contribution >= 4 is 5.91 Å². The van der Waals surface area contributed by atoms with E-state index >= 15 is 0 Å². The summed E-state index contributed by atoms with van der Waals surface area (Å²) in [6.45, 7) is 1.99.